The topological polar surface area (TPSA) is 68.4 Å². The Hall–Kier alpha value is -1.40. The first-order valence-corrected chi connectivity index (χ1v) is 6.24. The lowest BCUT2D eigenvalue weighted by atomic mass is 9.84. The lowest BCUT2D eigenvalue weighted by Gasteiger charge is -2.32. The number of H-pyrrole nitrogens is 1. The number of aromatic nitrogens is 1. The molecule has 1 aromatic rings. The van der Waals surface area contributed by atoms with Crippen molar-refractivity contribution in [2.45, 2.75) is 45.8 Å². The molecule has 0 unspecified atom stereocenters. The molecule has 102 valence electrons. The van der Waals surface area contributed by atoms with E-state index in [1.165, 1.54) is 13.0 Å². The van der Waals surface area contributed by atoms with Gasteiger partial charge in [-0.05, 0) is 46.8 Å². The molecule has 2 rings (SSSR count). The zero-order valence-electron chi connectivity index (χ0n) is 11.9. The van der Waals surface area contributed by atoms with E-state index in [1.54, 1.807) is 6.07 Å². The summed E-state index contributed by atoms with van der Waals surface area (Å²) in [5.41, 5.74) is -0.685. The first-order valence-electron chi connectivity index (χ1n) is 6.24. The molecular formula is C13H18BNO4. The number of Topliss-reactive ketones (excluding diaryl/α,β-unsaturated/α-hetero) is 1. The van der Waals surface area contributed by atoms with Crippen molar-refractivity contribution in [1.82, 2.24) is 4.98 Å². The second kappa shape index (κ2) is 4.32. The standard InChI is InChI=1S/C13H18BNO4/c1-8(16)9-6-7-10(15-11(9)17)14-18-12(2,3)13(4,5)19-14/h6-7H,1-5H3,(H,15,17). The molecule has 1 fully saturated rings. The minimum Gasteiger partial charge on any atom is -0.398 e. The molecule has 0 aliphatic carbocycles. The van der Waals surface area contributed by atoms with Crippen LogP contribution in [-0.4, -0.2) is 29.1 Å². The molecule has 0 atom stereocenters. The Morgan fingerprint density at radius 3 is 2.11 bits per heavy atom. The smallest absolute Gasteiger partial charge is 0.398 e. The summed E-state index contributed by atoms with van der Waals surface area (Å²) in [6.45, 7) is 9.12. The van der Waals surface area contributed by atoms with Crippen LogP contribution in [0.25, 0.3) is 0 Å². The number of nitrogens with one attached hydrogen (secondary N) is 1. The Bertz CT molecular complexity index is 560. The van der Waals surface area contributed by atoms with Crippen LogP contribution in [0.2, 0.25) is 0 Å². The van der Waals surface area contributed by atoms with Crippen molar-refractivity contribution in [3.8, 4) is 0 Å². The molecule has 0 aromatic carbocycles. The van der Waals surface area contributed by atoms with Crippen molar-refractivity contribution in [2.75, 3.05) is 0 Å². The van der Waals surface area contributed by atoms with E-state index in [-0.39, 0.29) is 11.3 Å². The monoisotopic (exact) mass is 263 g/mol. The molecule has 0 saturated carbocycles. The highest BCUT2D eigenvalue weighted by atomic mass is 16.7. The predicted octanol–water partition coefficient (Wildman–Crippen LogP) is 0.877. The molecule has 0 radical (unpaired) electrons. The fraction of sp³-hybridized carbons (Fsp3) is 0.538. The molecule has 0 amide bonds. The van der Waals surface area contributed by atoms with Crippen molar-refractivity contribution in [1.29, 1.82) is 0 Å². The van der Waals surface area contributed by atoms with Crippen molar-refractivity contribution in [3.63, 3.8) is 0 Å². The largest absolute Gasteiger partial charge is 0.512 e. The van der Waals surface area contributed by atoms with E-state index >= 15 is 0 Å². The van der Waals surface area contributed by atoms with Crippen LogP contribution in [-0.2, 0) is 9.31 Å². The van der Waals surface area contributed by atoms with Crippen LogP contribution >= 0.6 is 0 Å². The summed E-state index contributed by atoms with van der Waals surface area (Å²) >= 11 is 0. The van der Waals surface area contributed by atoms with Crippen LogP contribution in [0.3, 0.4) is 0 Å². The molecule has 1 aromatic heterocycles. The van der Waals surface area contributed by atoms with E-state index in [0.717, 1.165) is 0 Å². The van der Waals surface area contributed by atoms with Gasteiger partial charge in [-0.1, -0.05) is 0 Å². The minimum absolute atomic E-state index is 0.139. The number of hydrogen-bond donors (Lipinski definition) is 1. The summed E-state index contributed by atoms with van der Waals surface area (Å²) in [5, 5.41) is 0. The maximum absolute atomic E-state index is 11.8. The number of carbonyl (C=O) groups is 1. The van der Waals surface area contributed by atoms with Gasteiger partial charge in [0.05, 0.1) is 16.8 Å². The Kier molecular flexibility index (Phi) is 3.19. The lowest BCUT2D eigenvalue weighted by Crippen LogP contribution is -2.41. The van der Waals surface area contributed by atoms with Gasteiger partial charge in [0.2, 0.25) is 0 Å². The molecule has 19 heavy (non-hydrogen) atoms. The van der Waals surface area contributed by atoms with Gasteiger partial charge in [-0.3, -0.25) is 9.59 Å². The van der Waals surface area contributed by atoms with Crippen molar-refractivity contribution in [3.05, 3.63) is 28.0 Å². The van der Waals surface area contributed by atoms with E-state index in [4.69, 9.17) is 9.31 Å². The van der Waals surface area contributed by atoms with Crippen LogP contribution in [0.4, 0.5) is 0 Å². The number of carbonyl (C=O) groups excluding carboxylic acids is 1. The quantitative estimate of drug-likeness (QED) is 0.635. The second-order valence-electron chi connectivity index (χ2n) is 5.80. The molecule has 6 heteroatoms. The number of hydrogen-bond acceptors (Lipinski definition) is 4. The van der Waals surface area contributed by atoms with E-state index in [0.29, 0.717) is 5.59 Å². The first kappa shape index (κ1) is 14.0. The number of ketones is 1. The van der Waals surface area contributed by atoms with Gasteiger partial charge in [-0.15, -0.1) is 0 Å². The summed E-state index contributed by atoms with van der Waals surface area (Å²) in [4.78, 5) is 25.6. The van der Waals surface area contributed by atoms with Crippen LogP contribution in [0.5, 0.6) is 0 Å². The highest BCUT2D eigenvalue weighted by molar-refractivity contribution is 6.61. The minimum atomic E-state index is -0.626. The number of pyridine rings is 1. The highest BCUT2D eigenvalue weighted by Crippen LogP contribution is 2.36. The average Bonchev–Trinajstić information content (AvgIpc) is 2.47. The average molecular weight is 263 g/mol. The third-order valence-electron chi connectivity index (χ3n) is 3.82. The SMILES string of the molecule is CC(=O)c1ccc(B2OC(C)(C)C(C)(C)O2)[nH]c1=O. The fourth-order valence-electron chi connectivity index (χ4n) is 1.87. The highest BCUT2D eigenvalue weighted by Gasteiger charge is 2.52. The summed E-state index contributed by atoms with van der Waals surface area (Å²) in [5.74, 6) is -0.262. The fourth-order valence-corrected chi connectivity index (χ4v) is 1.87. The van der Waals surface area contributed by atoms with Gasteiger partial charge < -0.3 is 14.3 Å². The van der Waals surface area contributed by atoms with Crippen LogP contribution in [0, 0.1) is 0 Å². The summed E-state index contributed by atoms with van der Waals surface area (Å²) in [6, 6.07) is 3.15. The van der Waals surface area contributed by atoms with Gasteiger partial charge in [0.25, 0.3) is 5.56 Å². The molecule has 1 saturated heterocycles. The van der Waals surface area contributed by atoms with E-state index in [9.17, 15) is 9.59 Å². The zero-order valence-corrected chi connectivity index (χ0v) is 11.9. The summed E-state index contributed by atoms with van der Waals surface area (Å²) < 4.78 is 11.7. The van der Waals surface area contributed by atoms with E-state index < -0.39 is 23.9 Å². The molecule has 0 spiro atoms. The van der Waals surface area contributed by atoms with Crippen LogP contribution in [0.1, 0.15) is 45.0 Å². The van der Waals surface area contributed by atoms with E-state index in [2.05, 4.69) is 4.98 Å². The third kappa shape index (κ3) is 2.38. The first-order chi connectivity index (χ1) is 8.64. The maximum atomic E-state index is 11.8. The Morgan fingerprint density at radius 2 is 1.68 bits per heavy atom. The van der Waals surface area contributed by atoms with Gasteiger partial charge in [-0.2, -0.15) is 0 Å². The molecular weight excluding hydrogens is 245 g/mol. The normalized spacial score (nSPS) is 20.6. The predicted molar refractivity (Wildman–Crippen MR) is 72.8 cm³/mol. The van der Waals surface area contributed by atoms with Crippen LogP contribution in [0.15, 0.2) is 16.9 Å². The summed E-state index contributed by atoms with van der Waals surface area (Å²) in [6.07, 6.45) is 0. The third-order valence-corrected chi connectivity index (χ3v) is 3.82. The molecule has 0 bridgehead atoms. The molecule has 1 aliphatic heterocycles. The lowest BCUT2D eigenvalue weighted by molar-refractivity contribution is 0.00578. The molecule has 5 nitrogen and oxygen atoms in total. The van der Waals surface area contributed by atoms with Crippen LogP contribution < -0.4 is 11.2 Å². The van der Waals surface area contributed by atoms with Crippen molar-refractivity contribution >= 4 is 18.5 Å². The molecule has 2 heterocycles. The van der Waals surface area contributed by atoms with Gasteiger partial charge >= 0.3 is 7.12 Å². The molecule has 1 N–H and O–H groups in total. The molecule has 1 aliphatic rings. The van der Waals surface area contributed by atoms with Gasteiger partial charge in [0.15, 0.2) is 5.78 Å². The Morgan fingerprint density at radius 1 is 1.16 bits per heavy atom. The van der Waals surface area contributed by atoms with Crippen molar-refractivity contribution in [2.24, 2.45) is 0 Å². The summed E-state index contributed by atoms with van der Waals surface area (Å²) in [7, 11) is -0.626. The zero-order chi connectivity index (χ0) is 14.4. The van der Waals surface area contributed by atoms with Gasteiger partial charge in [0.1, 0.15) is 0 Å². The second-order valence-corrected chi connectivity index (χ2v) is 5.80. The van der Waals surface area contributed by atoms with Crippen molar-refractivity contribution < 1.29 is 14.1 Å². The number of rotatable bonds is 2. The number of aromatic amines is 1. The van der Waals surface area contributed by atoms with Gasteiger partial charge in [-0.25, -0.2) is 0 Å². The maximum Gasteiger partial charge on any atom is 0.512 e. The van der Waals surface area contributed by atoms with E-state index in [1.807, 2.05) is 27.7 Å². The Balaban J connectivity index is 2.33. The van der Waals surface area contributed by atoms with Gasteiger partial charge in [0, 0.05) is 5.59 Å². The Labute approximate surface area is 112 Å².